The molecule has 0 N–H and O–H groups in total. The normalized spacial score (nSPS) is 14.5. The fourth-order valence-corrected chi connectivity index (χ4v) is 3.99. The van der Waals surface area contributed by atoms with Crippen molar-refractivity contribution in [3.05, 3.63) is 59.5 Å². The van der Waals surface area contributed by atoms with E-state index < -0.39 is 17.0 Å². The van der Waals surface area contributed by atoms with E-state index in [4.69, 9.17) is 16.6 Å². The average Bonchev–Trinajstić information content (AvgIpc) is 2.78. The highest BCUT2D eigenvalue weighted by molar-refractivity contribution is 6.33. The summed E-state index contributed by atoms with van der Waals surface area (Å²) < 4.78 is 28.1. The Bertz CT molecular complexity index is 1190. The molecule has 1 aromatic carbocycles. The van der Waals surface area contributed by atoms with E-state index in [-0.39, 0.29) is 17.2 Å². The maximum atomic E-state index is 14.6. The minimum Gasteiger partial charge on any atom is -0.352 e. The first kappa shape index (κ1) is 23.0. The van der Waals surface area contributed by atoms with E-state index in [2.05, 4.69) is 9.97 Å². The molecule has 3 aromatic rings. The number of pyridine rings is 1. The first-order valence-corrected chi connectivity index (χ1v) is 11.0. The Kier molecular flexibility index (Phi) is 6.30. The predicted molar refractivity (Wildman–Crippen MR) is 124 cm³/mol. The second-order valence-corrected chi connectivity index (χ2v) is 9.34. The summed E-state index contributed by atoms with van der Waals surface area (Å²) in [6, 6.07) is 5.01. The average molecular weight is 472 g/mol. The molecule has 6 nitrogen and oxygen atoms in total. The van der Waals surface area contributed by atoms with Crippen molar-refractivity contribution >= 4 is 23.3 Å². The van der Waals surface area contributed by atoms with Gasteiger partial charge in [0.25, 0.3) is 0 Å². The summed E-state index contributed by atoms with van der Waals surface area (Å²) in [6.07, 6.45) is 4.61. The van der Waals surface area contributed by atoms with Crippen LogP contribution in [0.5, 0.6) is 0 Å². The van der Waals surface area contributed by atoms with Crippen molar-refractivity contribution in [2.75, 3.05) is 31.1 Å². The molecule has 1 saturated heterocycles. The molecule has 1 fully saturated rings. The van der Waals surface area contributed by atoms with Gasteiger partial charge in [-0.2, -0.15) is 0 Å². The zero-order chi connectivity index (χ0) is 23.8. The van der Waals surface area contributed by atoms with Crippen LogP contribution >= 0.6 is 11.6 Å². The van der Waals surface area contributed by atoms with Gasteiger partial charge in [-0.25, -0.2) is 18.7 Å². The Morgan fingerprint density at radius 2 is 1.73 bits per heavy atom. The maximum absolute atomic E-state index is 14.6. The molecular weight excluding hydrogens is 448 g/mol. The van der Waals surface area contributed by atoms with Gasteiger partial charge in [-0.1, -0.05) is 32.4 Å². The highest BCUT2D eigenvalue weighted by Crippen LogP contribution is 2.35. The van der Waals surface area contributed by atoms with Gasteiger partial charge < -0.3 is 9.80 Å². The van der Waals surface area contributed by atoms with Crippen LogP contribution in [0.15, 0.2) is 42.9 Å². The van der Waals surface area contributed by atoms with E-state index in [1.54, 1.807) is 18.5 Å². The van der Waals surface area contributed by atoms with Gasteiger partial charge in [-0.3, -0.25) is 9.78 Å². The van der Waals surface area contributed by atoms with Crippen LogP contribution in [0.2, 0.25) is 5.02 Å². The van der Waals surface area contributed by atoms with Crippen LogP contribution in [0, 0.1) is 17.0 Å². The van der Waals surface area contributed by atoms with E-state index in [0.29, 0.717) is 48.3 Å². The summed E-state index contributed by atoms with van der Waals surface area (Å²) in [5, 5.41) is 0.341. The smallest absolute Gasteiger partial charge is 0.228 e. The van der Waals surface area contributed by atoms with Crippen molar-refractivity contribution in [2.45, 2.75) is 20.8 Å². The van der Waals surface area contributed by atoms with Gasteiger partial charge in [0.1, 0.15) is 23.1 Å². The zero-order valence-corrected chi connectivity index (χ0v) is 19.4. The minimum absolute atomic E-state index is 0.111. The molecule has 33 heavy (non-hydrogen) atoms. The van der Waals surface area contributed by atoms with Gasteiger partial charge in [0.15, 0.2) is 0 Å². The highest BCUT2D eigenvalue weighted by Gasteiger charge is 2.30. The summed E-state index contributed by atoms with van der Waals surface area (Å²) in [4.78, 5) is 29.8. The molecule has 0 atom stereocenters. The molecule has 0 saturated carbocycles. The standard InChI is InChI=1S/C24H24ClF2N5O/c1-24(2,3)23(33)32-10-8-31(9-11-32)20-14-29-21(17-5-4-15(26)12-19(17)27)22(30-20)16-6-7-28-13-18(16)25/h4-7,12-14H,8-11H2,1-3H3. The number of benzene rings is 1. The Balaban J connectivity index is 1.70. The Hall–Kier alpha value is -3.13. The van der Waals surface area contributed by atoms with Crippen molar-refractivity contribution in [3.63, 3.8) is 0 Å². The molecule has 1 aliphatic rings. The van der Waals surface area contributed by atoms with Gasteiger partial charge in [0.05, 0.1) is 16.9 Å². The van der Waals surface area contributed by atoms with Crippen LogP contribution in [0.3, 0.4) is 0 Å². The van der Waals surface area contributed by atoms with Crippen LogP contribution in [-0.4, -0.2) is 51.9 Å². The zero-order valence-electron chi connectivity index (χ0n) is 18.6. The molecule has 1 aliphatic heterocycles. The summed E-state index contributed by atoms with van der Waals surface area (Å²) in [5.41, 5.74) is 0.860. The fraction of sp³-hybridized carbons (Fsp3) is 0.333. The largest absolute Gasteiger partial charge is 0.352 e. The molecule has 2 aromatic heterocycles. The third kappa shape index (κ3) is 4.80. The van der Waals surface area contributed by atoms with E-state index in [9.17, 15) is 13.6 Å². The molecule has 3 heterocycles. The number of halogens is 3. The van der Waals surface area contributed by atoms with E-state index in [1.807, 2.05) is 30.6 Å². The monoisotopic (exact) mass is 471 g/mol. The van der Waals surface area contributed by atoms with Gasteiger partial charge in [-0.15, -0.1) is 0 Å². The van der Waals surface area contributed by atoms with Crippen molar-refractivity contribution in [1.29, 1.82) is 0 Å². The van der Waals surface area contributed by atoms with Crippen molar-refractivity contribution in [2.24, 2.45) is 5.41 Å². The van der Waals surface area contributed by atoms with Gasteiger partial charge in [0, 0.05) is 61.2 Å². The molecule has 172 valence electrons. The first-order chi connectivity index (χ1) is 15.6. The number of nitrogens with zero attached hydrogens (tertiary/aromatic N) is 5. The molecule has 1 amide bonds. The molecule has 0 aliphatic carbocycles. The SMILES string of the molecule is CC(C)(C)C(=O)N1CCN(c2cnc(-c3ccc(F)cc3F)c(-c3ccncc3Cl)n2)CC1. The number of carbonyl (C=O) groups is 1. The lowest BCUT2D eigenvalue weighted by Crippen LogP contribution is -2.51. The summed E-state index contributed by atoms with van der Waals surface area (Å²) in [5.74, 6) is -0.712. The molecule has 0 unspecified atom stereocenters. The molecule has 0 radical (unpaired) electrons. The van der Waals surface area contributed by atoms with Crippen molar-refractivity contribution in [3.8, 4) is 22.5 Å². The summed E-state index contributed by atoms with van der Waals surface area (Å²) >= 11 is 6.38. The highest BCUT2D eigenvalue weighted by atomic mass is 35.5. The molecule has 0 spiro atoms. The second-order valence-electron chi connectivity index (χ2n) is 8.93. The summed E-state index contributed by atoms with van der Waals surface area (Å²) in [6.45, 7) is 8.03. The van der Waals surface area contributed by atoms with Crippen LogP contribution < -0.4 is 4.90 Å². The Labute approximate surface area is 196 Å². The van der Waals surface area contributed by atoms with Crippen LogP contribution in [-0.2, 0) is 4.79 Å². The molecule has 0 bridgehead atoms. The number of aromatic nitrogens is 3. The quantitative estimate of drug-likeness (QED) is 0.547. The number of anilines is 1. The van der Waals surface area contributed by atoms with Crippen LogP contribution in [0.4, 0.5) is 14.6 Å². The lowest BCUT2D eigenvalue weighted by Gasteiger charge is -2.38. The summed E-state index contributed by atoms with van der Waals surface area (Å²) in [7, 11) is 0. The lowest BCUT2D eigenvalue weighted by molar-refractivity contribution is -0.139. The van der Waals surface area contributed by atoms with Crippen molar-refractivity contribution < 1.29 is 13.6 Å². The third-order valence-corrected chi connectivity index (χ3v) is 5.81. The van der Waals surface area contributed by atoms with Crippen LogP contribution in [0.25, 0.3) is 22.5 Å². The van der Waals surface area contributed by atoms with Crippen LogP contribution in [0.1, 0.15) is 20.8 Å². The molecule has 9 heteroatoms. The number of rotatable bonds is 3. The lowest BCUT2D eigenvalue weighted by atomic mass is 9.94. The first-order valence-electron chi connectivity index (χ1n) is 10.6. The third-order valence-electron chi connectivity index (χ3n) is 5.51. The topological polar surface area (TPSA) is 62.2 Å². The number of hydrogen-bond acceptors (Lipinski definition) is 5. The molecular formula is C24H24ClF2N5O. The minimum atomic E-state index is -0.738. The molecule has 4 rings (SSSR count). The Morgan fingerprint density at radius 3 is 2.36 bits per heavy atom. The maximum Gasteiger partial charge on any atom is 0.228 e. The second kappa shape index (κ2) is 9.02. The van der Waals surface area contributed by atoms with Crippen molar-refractivity contribution in [1.82, 2.24) is 19.9 Å². The predicted octanol–water partition coefficient (Wildman–Crippen LogP) is 4.83. The number of hydrogen-bond donors (Lipinski definition) is 0. The van der Waals surface area contributed by atoms with Gasteiger partial charge in [-0.05, 0) is 18.2 Å². The number of piperazine rings is 1. The van der Waals surface area contributed by atoms with Gasteiger partial charge >= 0.3 is 0 Å². The van der Waals surface area contributed by atoms with E-state index >= 15 is 0 Å². The van der Waals surface area contributed by atoms with Gasteiger partial charge in [0.2, 0.25) is 5.91 Å². The number of amides is 1. The number of carbonyl (C=O) groups excluding carboxylic acids is 1. The Morgan fingerprint density at radius 1 is 1.00 bits per heavy atom. The fourth-order valence-electron chi connectivity index (χ4n) is 3.78. The van der Waals surface area contributed by atoms with E-state index in [1.165, 1.54) is 18.3 Å². The van der Waals surface area contributed by atoms with E-state index in [0.717, 1.165) is 6.07 Å².